The van der Waals surface area contributed by atoms with Crippen molar-refractivity contribution in [1.29, 1.82) is 0 Å². The summed E-state index contributed by atoms with van der Waals surface area (Å²) in [6, 6.07) is 11.6. The van der Waals surface area contributed by atoms with Crippen molar-refractivity contribution >= 4 is 21.6 Å². The number of amides is 1. The molecule has 0 aromatic heterocycles. The molecule has 29 heavy (non-hydrogen) atoms. The van der Waals surface area contributed by atoms with E-state index in [9.17, 15) is 13.2 Å². The molecule has 6 nitrogen and oxygen atoms in total. The van der Waals surface area contributed by atoms with Crippen LogP contribution < -0.4 is 10.0 Å². The van der Waals surface area contributed by atoms with Crippen LogP contribution in [-0.4, -0.2) is 34.1 Å². The zero-order valence-electron chi connectivity index (χ0n) is 17.3. The van der Waals surface area contributed by atoms with Gasteiger partial charge in [-0.25, -0.2) is 8.42 Å². The first-order valence-electron chi connectivity index (χ1n) is 9.89. The van der Waals surface area contributed by atoms with Gasteiger partial charge in [-0.2, -0.15) is 0 Å². The summed E-state index contributed by atoms with van der Waals surface area (Å²) in [5.41, 5.74) is 2.59. The third-order valence-electron chi connectivity index (χ3n) is 4.46. The van der Waals surface area contributed by atoms with Crippen LogP contribution >= 0.6 is 0 Å². The minimum Gasteiger partial charge on any atom is -0.381 e. The SMILES string of the molecule is CCCCOCCCNC(=O)c1cc(S(=O)(=O)Nc2ccc(C)cc2)ccc1C. The lowest BCUT2D eigenvalue weighted by atomic mass is 10.1. The molecule has 0 unspecified atom stereocenters. The molecule has 7 heteroatoms. The number of carbonyl (C=O) groups is 1. The third-order valence-corrected chi connectivity index (χ3v) is 5.84. The van der Waals surface area contributed by atoms with Gasteiger partial charge in [-0.1, -0.05) is 37.1 Å². The number of unbranched alkanes of at least 4 members (excludes halogenated alkanes) is 1. The molecule has 1 amide bonds. The van der Waals surface area contributed by atoms with Gasteiger partial charge >= 0.3 is 0 Å². The molecule has 0 atom stereocenters. The highest BCUT2D eigenvalue weighted by atomic mass is 32.2. The van der Waals surface area contributed by atoms with E-state index in [-0.39, 0.29) is 10.8 Å². The van der Waals surface area contributed by atoms with E-state index in [1.165, 1.54) is 12.1 Å². The summed E-state index contributed by atoms with van der Waals surface area (Å²) in [6.45, 7) is 7.62. The Kier molecular flexibility index (Phi) is 8.67. The van der Waals surface area contributed by atoms with E-state index in [0.29, 0.717) is 30.8 Å². The summed E-state index contributed by atoms with van der Waals surface area (Å²) in [6.07, 6.45) is 2.83. The molecule has 0 saturated heterocycles. The monoisotopic (exact) mass is 418 g/mol. The molecule has 2 N–H and O–H groups in total. The van der Waals surface area contributed by atoms with Gasteiger partial charge in [-0.15, -0.1) is 0 Å². The Morgan fingerprint density at radius 1 is 1.00 bits per heavy atom. The van der Waals surface area contributed by atoms with Crippen LogP contribution in [-0.2, 0) is 14.8 Å². The second-order valence-electron chi connectivity index (χ2n) is 7.02. The summed E-state index contributed by atoms with van der Waals surface area (Å²) in [5, 5.41) is 2.83. The second-order valence-corrected chi connectivity index (χ2v) is 8.71. The lowest BCUT2D eigenvalue weighted by Crippen LogP contribution is -2.26. The first-order chi connectivity index (χ1) is 13.8. The quantitative estimate of drug-likeness (QED) is 0.540. The summed E-state index contributed by atoms with van der Waals surface area (Å²) < 4.78 is 33.4. The van der Waals surface area contributed by atoms with E-state index in [1.807, 2.05) is 19.1 Å². The molecular weight excluding hydrogens is 388 g/mol. The van der Waals surface area contributed by atoms with Crippen LogP contribution in [0.25, 0.3) is 0 Å². The zero-order chi connectivity index (χ0) is 21.3. The van der Waals surface area contributed by atoms with Crippen LogP contribution in [0.3, 0.4) is 0 Å². The number of aryl methyl sites for hydroxylation is 2. The summed E-state index contributed by atoms with van der Waals surface area (Å²) in [7, 11) is -3.79. The van der Waals surface area contributed by atoms with Gasteiger partial charge in [0, 0.05) is 31.0 Å². The Morgan fingerprint density at radius 2 is 1.69 bits per heavy atom. The Bertz CT molecular complexity index is 909. The first kappa shape index (κ1) is 22.9. The molecule has 0 aliphatic heterocycles. The number of carbonyl (C=O) groups excluding carboxylic acids is 1. The van der Waals surface area contributed by atoms with Crippen LogP contribution in [0.2, 0.25) is 0 Å². The molecule has 0 aliphatic rings. The van der Waals surface area contributed by atoms with Gasteiger partial charge in [0.2, 0.25) is 0 Å². The Labute approximate surface area is 173 Å². The fourth-order valence-corrected chi connectivity index (χ4v) is 3.75. The van der Waals surface area contributed by atoms with Crippen LogP contribution in [0.1, 0.15) is 47.7 Å². The van der Waals surface area contributed by atoms with Gasteiger partial charge in [0.05, 0.1) is 4.90 Å². The molecule has 0 aliphatic carbocycles. The summed E-state index contributed by atoms with van der Waals surface area (Å²) in [5.74, 6) is -0.288. The number of ether oxygens (including phenoxy) is 1. The van der Waals surface area contributed by atoms with Gasteiger partial charge in [-0.05, 0) is 56.5 Å². The van der Waals surface area contributed by atoms with E-state index in [0.717, 1.165) is 30.6 Å². The van der Waals surface area contributed by atoms with Gasteiger partial charge in [-0.3, -0.25) is 9.52 Å². The standard InChI is InChI=1S/C22H30N2O4S/c1-4-5-14-28-15-6-13-23-22(25)21-16-20(12-9-18(21)3)29(26,27)24-19-10-7-17(2)8-11-19/h7-12,16,24H,4-6,13-15H2,1-3H3,(H,23,25). The van der Waals surface area contributed by atoms with Crippen molar-refractivity contribution in [2.75, 3.05) is 24.5 Å². The van der Waals surface area contributed by atoms with E-state index >= 15 is 0 Å². The molecular formula is C22H30N2O4S. The van der Waals surface area contributed by atoms with Crippen molar-refractivity contribution < 1.29 is 17.9 Å². The largest absolute Gasteiger partial charge is 0.381 e. The highest BCUT2D eigenvalue weighted by Gasteiger charge is 2.18. The van der Waals surface area contributed by atoms with Gasteiger partial charge < -0.3 is 10.1 Å². The number of hydrogen-bond acceptors (Lipinski definition) is 4. The Morgan fingerprint density at radius 3 is 2.38 bits per heavy atom. The third kappa shape index (κ3) is 7.18. The van der Waals surface area contributed by atoms with Crippen LogP contribution in [0.4, 0.5) is 5.69 Å². The molecule has 0 radical (unpaired) electrons. The van der Waals surface area contributed by atoms with Crippen molar-refractivity contribution in [1.82, 2.24) is 5.32 Å². The molecule has 2 aromatic carbocycles. The van der Waals surface area contributed by atoms with E-state index in [4.69, 9.17) is 4.74 Å². The number of sulfonamides is 1. The second kappa shape index (κ2) is 11.0. The van der Waals surface area contributed by atoms with Crippen molar-refractivity contribution in [3.63, 3.8) is 0 Å². The zero-order valence-corrected chi connectivity index (χ0v) is 18.1. The number of anilines is 1. The first-order valence-corrected chi connectivity index (χ1v) is 11.4. The molecule has 0 fully saturated rings. The molecule has 2 rings (SSSR count). The molecule has 158 valence electrons. The summed E-state index contributed by atoms with van der Waals surface area (Å²) in [4.78, 5) is 12.6. The topological polar surface area (TPSA) is 84.5 Å². The Hall–Kier alpha value is -2.38. The highest BCUT2D eigenvalue weighted by Crippen LogP contribution is 2.19. The van der Waals surface area contributed by atoms with Gasteiger partial charge in [0.15, 0.2) is 0 Å². The number of rotatable bonds is 11. The Balaban J connectivity index is 2.00. The number of nitrogens with one attached hydrogen (secondary N) is 2. The maximum absolute atomic E-state index is 12.7. The lowest BCUT2D eigenvalue weighted by Gasteiger charge is -2.12. The number of benzene rings is 2. The van der Waals surface area contributed by atoms with E-state index in [2.05, 4.69) is 17.0 Å². The fourth-order valence-electron chi connectivity index (χ4n) is 2.67. The minimum absolute atomic E-state index is 0.0525. The van der Waals surface area contributed by atoms with Crippen molar-refractivity contribution in [2.45, 2.75) is 44.9 Å². The molecule has 0 heterocycles. The molecule has 0 bridgehead atoms. The maximum Gasteiger partial charge on any atom is 0.261 e. The molecule has 0 saturated carbocycles. The van der Waals surface area contributed by atoms with Crippen LogP contribution in [0.5, 0.6) is 0 Å². The predicted octanol–water partition coefficient (Wildman–Crippen LogP) is 4.04. The number of hydrogen-bond donors (Lipinski definition) is 2. The average Bonchev–Trinajstić information content (AvgIpc) is 2.69. The van der Waals surface area contributed by atoms with Crippen molar-refractivity contribution in [3.8, 4) is 0 Å². The van der Waals surface area contributed by atoms with Crippen molar-refractivity contribution in [2.24, 2.45) is 0 Å². The lowest BCUT2D eigenvalue weighted by molar-refractivity contribution is 0.0939. The fraction of sp³-hybridized carbons (Fsp3) is 0.409. The van der Waals surface area contributed by atoms with Crippen LogP contribution in [0, 0.1) is 13.8 Å². The predicted molar refractivity (Wildman–Crippen MR) is 116 cm³/mol. The van der Waals surface area contributed by atoms with Gasteiger partial charge in [0.1, 0.15) is 0 Å². The highest BCUT2D eigenvalue weighted by molar-refractivity contribution is 7.92. The van der Waals surface area contributed by atoms with Crippen LogP contribution in [0.15, 0.2) is 47.4 Å². The minimum atomic E-state index is -3.79. The van der Waals surface area contributed by atoms with E-state index < -0.39 is 10.0 Å². The van der Waals surface area contributed by atoms with Crippen molar-refractivity contribution in [3.05, 3.63) is 59.2 Å². The smallest absolute Gasteiger partial charge is 0.261 e. The maximum atomic E-state index is 12.7. The normalized spacial score (nSPS) is 11.3. The van der Waals surface area contributed by atoms with Gasteiger partial charge in [0.25, 0.3) is 15.9 Å². The molecule has 0 spiro atoms. The average molecular weight is 419 g/mol. The summed E-state index contributed by atoms with van der Waals surface area (Å²) >= 11 is 0. The molecule has 2 aromatic rings. The van der Waals surface area contributed by atoms with E-state index in [1.54, 1.807) is 25.1 Å².